The van der Waals surface area contributed by atoms with E-state index in [1.807, 2.05) is 26.0 Å². The van der Waals surface area contributed by atoms with Crippen molar-refractivity contribution in [1.29, 1.82) is 0 Å². The lowest BCUT2D eigenvalue weighted by Crippen LogP contribution is -2.45. The predicted octanol–water partition coefficient (Wildman–Crippen LogP) is 2.15. The Morgan fingerprint density at radius 3 is 2.24 bits per heavy atom. The van der Waals surface area contributed by atoms with E-state index < -0.39 is 0 Å². The van der Waals surface area contributed by atoms with E-state index in [0.717, 1.165) is 5.56 Å². The summed E-state index contributed by atoms with van der Waals surface area (Å²) in [5.41, 5.74) is 1.02. The second-order valence-electron chi connectivity index (χ2n) is 5.61. The van der Waals surface area contributed by atoms with E-state index in [9.17, 15) is 9.59 Å². The van der Waals surface area contributed by atoms with Crippen LogP contribution in [0.3, 0.4) is 0 Å². The number of amides is 1. The molecule has 0 aliphatic rings. The average Bonchev–Trinajstić information content (AvgIpc) is 2.44. The van der Waals surface area contributed by atoms with Crippen molar-refractivity contribution in [2.45, 2.75) is 26.3 Å². The third-order valence-corrected chi connectivity index (χ3v) is 3.52. The SMILES string of the molecule is CC(C)C(=O)[C@@H](Cc1ccc(Cl)cc1)NCC(=O)N(C)C. The fourth-order valence-corrected chi connectivity index (χ4v) is 2.03. The van der Waals surface area contributed by atoms with Crippen molar-refractivity contribution in [1.82, 2.24) is 10.2 Å². The maximum Gasteiger partial charge on any atom is 0.236 e. The molecule has 0 heterocycles. The number of nitrogens with zero attached hydrogens (tertiary/aromatic N) is 1. The highest BCUT2D eigenvalue weighted by atomic mass is 35.5. The molecule has 21 heavy (non-hydrogen) atoms. The second-order valence-corrected chi connectivity index (χ2v) is 6.05. The second kappa shape index (κ2) is 8.15. The Kier molecular flexibility index (Phi) is 6.85. The summed E-state index contributed by atoms with van der Waals surface area (Å²) in [5.74, 6) is -0.0200. The van der Waals surface area contributed by atoms with Crippen LogP contribution in [0.15, 0.2) is 24.3 Å². The quantitative estimate of drug-likeness (QED) is 0.839. The number of carbonyl (C=O) groups excluding carboxylic acids is 2. The van der Waals surface area contributed by atoms with E-state index >= 15 is 0 Å². The minimum absolute atomic E-state index is 0.0485. The van der Waals surface area contributed by atoms with Gasteiger partial charge in [0, 0.05) is 25.0 Å². The lowest BCUT2D eigenvalue weighted by atomic mass is 9.95. The molecule has 0 radical (unpaired) electrons. The Balaban J connectivity index is 2.75. The van der Waals surface area contributed by atoms with E-state index in [0.29, 0.717) is 11.4 Å². The van der Waals surface area contributed by atoms with Gasteiger partial charge in [0.1, 0.15) is 0 Å². The van der Waals surface area contributed by atoms with Gasteiger partial charge >= 0.3 is 0 Å². The molecule has 0 fully saturated rings. The molecular weight excluding hydrogens is 288 g/mol. The summed E-state index contributed by atoms with van der Waals surface area (Å²) in [7, 11) is 3.39. The standard InChI is InChI=1S/C16H23ClN2O2/c1-11(2)16(21)14(18-10-15(20)19(3)4)9-12-5-7-13(17)8-6-12/h5-8,11,14,18H,9-10H2,1-4H3/t14-/m1/s1. The van der Waals surface area contributed by atoms with E-state index in [1.165, 1.54) is 4.90 Å². The van der Waals surface area contributed by atoms with Crippen LogP contribution in [0, 0.1) is 5.92 Å². The lowest BCUT2D eigenvalue weighted by Gasteiger charge is -2.20. The number of benzene rings is 1. The molecule has 1 N–H and O–H groups in total. The first kappa shape index (κ1) is 17.7. The van der Waals surface area contributed by atoms with Crippen LogP contribution >= 0.6 is 11.6 Å². The molecule has 1 amide bonds. The van der Waals surface area contributed by atoms with Crippen LogP contribution in [0.1, 0.15) is 19.4 Å². The van der Waals surface area contributed by atoms with E-state index in [2.05, 4.69) is 5.32 Å². The van der Waals surface area contributed by atoms with Gasteiger partial charge in [-0.3, -0.25) is 14.9 Å². The van der Waals surface area contributed by atoms with Crippen LogP contribution in [-0.2, 0) is 16.0 Å². The van der Waals surface area contributed by atoms with Gasteiger partial charge < -0.3 is 4.90 Å². The zero-order valence-corrected chi connectivity index (χ0v) is 13.8. The summed E-state index contributed by atoms with van der Waals surface area (Å²) >= 11 is 5.87. The molecule has 1 rings (SSSR count). The number of halogens is 1. The maximum atomic E-state index is 12.3. The van der Waals surface area contributed by atoms with Crippen molar-refractivity contribution in [2.75, 3.05) is 20.6 Å². The highest BCUT2D eigenvalue weighted by Gasteiger charge is 2.22. The van der Waals surface area contributed by atoms with E-state index in [4.69, 9.17) is 11.6 Å². The number of ketones is 1. The Hall–Kier alpha value is -1.39. The van der Waals surface area contributed by atoms with Crippen molar-refractivity contribution in [3.05, 3.63) is 34.9 Å². The number of Topliss-reactive ketones (excluding diaryl/α,β-unsaturated/α-hetero) is 1. The first-order valence-corrected chi connectivity index (χ1v) is 7.40. The van der Waals surface area contributed by atoms with Crippen molar-refractivity contribution < 1.29 is 9.59 Å². The summed E-state index contributed by atoms with van der Waals surface area (Å²) in [6.45, 7) is 3.89. The van der Waals surface area contributed by atoms with E-state index in [-0.39, 0.29) is 30.2 Å². The van der Waals surface area contributed by atoms with Gasteiger partial charge in [-0.2, -0.15) is 0 Å². The van der Waals surface area contributed by atoms with E-state index in [1.54, 1.807) is 26.2 Å². The number of nitrogens with one attached hydrogen (secondary N) is 1. The zero-order chi connectivity index (χ0) is 16.0. The molecule has 0 aliphatic carbocycles. The average molecular weight is 311 g/mol. The fourth-order valence-electron chi connectivity index (χ4n) is 1.90. The molecule has 116 valence electrons. The normalized spacial score (nSPS) is 12.3. The molecule has 0 aliphatic heterocycles. The molecule has 0 bridgehead atoms. The third kappa shape index (κ3) is 5.86. The number of hydrogen-bond donors (Lipinski definition) is 1. The van der Waals surface area contributed by atoms with Gasteiger partial charge in [0.2, 0.25) is 5.91 Å². The van der Waals surface area contributed by atoms with Gasteiger partial charge in [-0.05, 0) is 24.1 Å². The number of hydrogen-bond acceptors (Lipinski definition) is 3. The molecule has 0 unspecified atom stereocenters. The van der Waals surface area contributed by atoms with Crippen LogP contribution in [0.2, 0.25) is 5.02 Å². The first-order valence-electron chi connectivity index (χ1n) is 7.03. The summed E-state index contributed by atoms with van der Waals surface area (Å²) in [5, 5.41) is 3.74. The molecule has 0 aromatic heterocycles. The highest BCUT2D eigenvalue weighted by Crippen LogP contribution is 2.13. The van der Waals surface area contributed by atoms with Crippen LogP contribution in [-0.4, -0.2) is 43.3 Å². The summed E-state index contributed by atoms with van der Waals surface area (Å²) in [6.07, 6.45) is 0.550. The smallest absolute Gasteiger partial charge is 0.236 e. The summed E-state index contributed by atoms with van der Waals surface area (Å²) < 4.78 is 0. The Bertz CT molecular complexity index is 484. The first-order chi connectivity index (χ1) is 9.81. The van der Waals surface area contributed by atoms with Crippen molar-refractivity contribution in [3.63, 3.8) is 0 Å². The molecule has 0 saturated heterocycles. The lowest BCUT2D eigenvalue weighted by molar-refractivity contribution is -0.128. The number of likely N-dealkylation sites (N-methyl/N-ethyl adjacent to an activating group) is 1. The molecule has 1 aromatic rings. The van der Waals surface area contributed by atoms with Gasteiger partial charge in [-0.15, -0.1) is 0 Å². The van der Waals surface area contributed by atoms with Crippen LogP contribution in [0.25, 0.3) is 0 Å². The third-order valence-electron chi connectivity index (χ3n) is 3.26. The number of carbonyl (C=O) groups is 2. The topological polar surface area (TPSA) is 49.4 Å². The molecule has 0 saturated carbocycles. The van der Waals surface area contributed by atoms with Gasteiger partial charge in [0.25, 0.3) is 0 Å². The largest absolute Gasteiger partial charge is 0.348 e. The fraction of sp³-hybridized carbons (Fsp3) is 0.500. The Morgan fingerprint density at radius 1 is 1.19 bits per heavy atom. The van der Waals surface area contributed by atoms with Gasteiger partial charge in [0.05, 0.1) is 12.6 Å². The zero-order valence-electron chi connectivity index (χ0n) is 13.0. The molecular formula is C16H23ClN2O2. The van der Waals surface area contributed by atoms with Crippen molar-refractivity contribution in [3.8, 4) is 0 Å². The summed E-state index contributed by atoms with van der Waals surface area (Å²) in [4.78, 5) is 25.5. The number of rotatable bonds is 7. The predicted molar refractivity (Wildman–Crippen MR) is 85.5 cm³/mol. The maximum absolute atomic E-state index is 12.3. The molecule has 1 aromatic carbocycles. The Labute approximate surface area is 131 Å². The molecule has 1 atom stereocenters. The van der Waals surface area contributed by atoms with Gasteiger partial charge in [-0.1, -0.05) is 37.6 Å². The van der Waals surface area contributed by atoms with Crippen LogP contribution in [0.4, 0.5) is 0 Å². The Morgan fingerprint density at radius 2 is 1.76 bits per heavy atom. The minimum Gasteiger partial charge on any atom is -0.348 e. The van der Waals surface area contributed by atoms with Crippen LogP contribution in [0.5, 0.6) is 0 Å². The molecule has 5 heteroatoms. The summed E-state index contributed by atoms with van der Waals surface area (Å²) in [6, 6.07) is 7.05. The van der Waals surface area contributed by atoms with Crippen molar-refractivity contribution >= 4 is 23.3 Å². The van der Waals surface area contributed by atoms with Crippen LogP contribution < -0.4 is 5.32 Å². The van der Waals surface area contributed by atoms with Gasteiger partial charge in [0.15, 0.2) is 5.78 Å². The minimum atomic E-state index is -0.366. The van der Waals surface area contributed by atoms with Crippen molar-refractivity contribution in [2.24, 2.45) is 5.92 Å². The van der Waals surface area contributed by atoms with Gasteiger partial charge in [-0.25, -0.2) is 0 Å². The monoisotopic (exact) mass is 310 g/mol. The molecule has 4 nitrogen and oxygen atoms in total. The molecule has 0 spiro atoms. The highest BCUT2D eigenvalue weighted by molar-refractivity contribution is 6.30.